The Morgan fingerprint density at radius 3 is 2.62 bits per heavy atom. The number of carboxylic acids is 1. The zero-order chi connectivity index (χ0) is 9.84. The van der Waals surface area contributed by atoms with Crippen LogP contribution in [-0.2, 0) is 14.3 Å². The number of ether oxygens (including phenoxy) is 1. The average molecular weight is 186 g/mol. The van der Waals surface area contributed by atoms with E-state index in [9.17, 15) is 9.59 Å². The van der Waals surface area contributed by atoms with Gasteiger partial charge in [-0.05, 0) is 25.2 Å². The quantitative estimate of drug-likeness (QED) is 0.669. The van der Waals surface area contributed by atoms with Crippen molar-refractivity contribution in [2.75, 3.05) is 7.11 Å². The van der Waals surface area contributed by atoms with E-state index in [1.54, 1.807) is 0 Å². The molecule has 2 atom stereocenters. The van der Waals surface area contributed by atoms with E-state index in [1.165, 1.54) is 7.11 Å². The van der Waals surface area contributed by atoms with Gasteiger partial charge in [0.25, 0.3) is 0 Å². The summed E-state index contributed by atoms with van der Waals surface area (Å²) in [5.41, 5.74) is 0. The lowest BCUT2D eigenvalue weighted by atomic mass is 10.0. The summed E-state index contributed by atoms with van der Waals surface area (Å²) in [7, 11) is 1.35. The van der Waals surface area contributed by atoms with E-state index < -0.39 is 5.97 Å². The first-order chi connectivity index (χ1) is 6.13. The predicted molar refractivity (Wildman–Crippen MR) is 45.1 cm³/mol. The second-order valence-electron chi connectivity index (χ2n) is 3.49. The highest BCUT2D eigenvalue weighted by atomic mass is 16.5. The Hall–Kier alpha value is -1.06. The number of carbonyl (C=O) groups excluding carboxylic acids is 1. The summed E-state index contributed by atoms with van der Waals surface area (Å²) in [6.45, 7) is 0. The molecule has 74 valence electrons. The van der Waals surface area contributed by atoms with Crippen LogP contribution in [0.1, 0.15) is 25.7 Å². The molecule has 0 aliphatic heterocycles. The molecule has 0 aromatic rings. The van der Waals surface area contributed by atoms with Gasteiger partial charge in [0.05, 0.1) is 13.0 Å². The summed E-state index contributed by atoms with van der Waals surface area (Å²) in [6.07, 6.45) is 2.49. The third-order valence-electron chi connectivity index (χ3n) is 2.57. The molecule has 0 bridgehead atoms. The molecule has 0 radical (unpaired) electrons. The van der Waals surface area contributed by atoms with E-state index in [-0.39, 0.29) is 17.8 Å². The maximum atomic E-state index is 10.9. The fourth-order valence-electron chi connectivity index (χ4n) is 1.80. The Labute approximate surface area is 76.9 Å². The summed E-state index contributed by atoms with van der Waals surface area (Å²) in [5, 5.41) is 8.71. The molecule has 0 aromatic heterocycles. The first-order valence-electron chi connectivity index (χ1n) is 4.43. The highest BCUT2D eigenvalue weighted by Gasteiger charge is 2.30. The number of methoxy groups -OCH3 is 1. The van der Waals surface area contributed by atoms with Gasteiger partial charge in [0.1, 0.15) is 0 Å². The first kappa shape index (κ1) is 10.0. The van der Waals surface area contributed by atoms with E-state index in [0.717, 1.165) is 6.42 Å². The largest absolute Gasteiger partial charge is 0.481 e. The van der Waals surface area contributed by atoms with Crippen molar-refractivity contribution >= 4 is 11.9 Å². The van der Waals surface area contributed by atoms with Crippen LogP contribution in [0.4, 0.5) is 0 Å². The average Bonchev–Trinajstić information content (AvgIpc) is 2.52. The molecule has 1 aliphatic carbocycles. The summed E-state index contributed by atoms with van der Waals surface area (Å²) in [5.74, 6) is -1.04. The zero-order valence-electron chi connectivity index (χ0n) is 7.66. The van der Waals surface area contributed by atoms with Crippen LogP contribution in [-0.4, -0.2) is 24.2 Å². The van der Waals surface area contributed by atoms with Crippen LogP contribution in [0.3, 0.4) is 0 Å². The molecule has 1 fully saturated rings. The van der Waals surface area contributed by atoms with Crippen molar-refractivity contribution in [3.05, 3.63) is 0 Å². The number of carboxylic acid groups (broad SMARTS) is 1. The van der Waals surface area contributed by atoms with Crippen LogP contribution in [0.2, 0.25) is 0 Å². The van der Waals surface area contributed by atoms with Crippen LogP contribution < -0.4 is 0 Å². The fraction of sp³-hybridized carbons (Fsp3) is 0.778. The molecule has 1 aliphatic rings. The number of hydrogen-bond acceptors (Lipinski definition) is 3. The second kappa shape index (κ2) is 4.25. The number of esters is 1. The molecule has 0 aromatic carbocycles. The smallest absolute Gasteiger partial charge is 0.306 e. The summed E-state index contributed by atoms with van der Waals surface area (Å²) >= 11 is 0. The van der Waals surface area contributed by atoms with Crippen molar-refractivity contribution in [2.24, 2.45) is 11.8 Å². The first-order valence-corrected chi connectivity index (χ1v) is 4.43. The van der Waals surface area contributed by atoms with Gasteiger partial charge in [-0.3, -0.25) is 9.59 Å². The lowest BCUT2D eigenvalue weighted by Crippen LogP contribution is -2.11. The minimum atomic E-state index is -0.743. The number of carbonyl (C=O) groups is 2. The third kappa shape index (κ3) is 2.72. The third-order valence-corrected chi connectivity index (χ3v) is 2.57. The van der Waals surface area contributed by atoms with Crippen LogP contribution >= 0.6 is 0 Å². The molecule has 0 saturated heterocycles. The van der Waals surface area contributed by atoms with Crippen LogP contribution in [0, 0.1) is 11.8 Å². The van der Waals surface area contributed by atoms with E-state index in [1.807, 2.05) is 0 Å². The van der Waals surface area contributed by atoms with E-state index in [2.05, 4.69) is 4.74 Å². The van der Waals surface area contributed by atoms with Gasteiger partial charge in [-0.1, -0.05) is 0 Å². The van der Waals surface area contributed by atoms with Gasteiger partial charge >= 0.3 is 11.9 Å². The summed E-state index contributed by atoms with van der Waals surface area (Å²) in [4.78, 5) is 21.5. The van der Waals surface area contributed by atoms with Gasteiger partial charge in [0.2, 0.25) is 0 Å². The zero-order valence-corrected chi connectivity index (χ0v) is 7.66. The molecule has 4 heteroatoms. The molecule has 1 rings (SSSR count). The Balaban J connectivity index is 2.33. The standard InChI is InChI=1S/C9H14O4/c1-13-8(10)5-6-2-3-7(4-6)9(11)12/h6-7H,2-5H2,1H3,(H,11,12)/t6-,7+/m1/s1. The minimum absolute atomic E-state index is 0.202. The monoisotopic (exact) mass is 186 g/mol. The van der Waals surface area contributed by atoms with Gasteiger partial charge in [-0.2, -0.15) is 0 Å². The van der Waals surface area contributed by atoms with Crippen LogP contribution in [0.5, 0.6) is 0 Å². The Morgan fingerprint density at radius 1 is 1.46 bits per heavy atom. The lowest BCUT2D eigenvalue weighted by Gasteiger charge is -2.06. The van der Waals surface area contributed by atoms with Crippen molar-refractivity contribution in [2.45, 2.75) is 25.7 Å². The Kier molecular flexibility index (Phi) is 3.28. The van der Waals surface area contributed by atoms with Crippen molar-refractivity contribution in [3.63, 3.8) is 0 Å². The maximum absolute atomic E-state index is 10.9. The number of hydrogen-bond donors (Lipinski definition) is 1. The lowest BCUT2D eigenvalue weighted by molar-refractivity contribution is -0.143. The van der Waals surface area contributed by atoms with Gasteiger partial charge < -0.3 is 9.84 Å². The van der Waals surface area contributed by atoms with Crippen LogP contribution in [0.15, 0.2) is 0 Å². The molecule has 4 nitrogen and oxygen atoms in total. The molecule has 0 amide bonds. The van der Waals surface area contributed by atoms with Crippen molar-refractivity contribution < 1.29 is 19.4 Å². The molecule has 0 spiro atoms. The maximum Gasteiger partial charge on any atom is 0.306 e. The highest BCUT2D eigenvalue weighted by molar-refractivity contribution is 5.71. The second-order valence-corrected chi connectivity index (χ2v) is 3.49. The van der Waals surface area contributed by atoms with E-state index in [0.29, 0.717) is 19.3 Å². The van der Waals surface area contributed by atoms with Crippen molar-refractivity contribution in [1.29, 1.82) is 0 Å². The number of aliphatic carboxylic acids is 1. The molecule has 1 saturated carbocycles. The topological polar surface area (TPSA) is 63.6 Å². The van der Waals surface area contributed by atoms with Crippen LogP contribution in [0.25, 0.3) is 0 Å². The number of rotatable bonds is 3. The van der Waals surface area contributed by atoms with Gasteiger partial charge in [-0.15, -0.1) is 0 Å². The van der Waals surface area contributed by atoms with Gasteiger partial charge in [-0.25, -0.2) is 0 Å². The molecule has 13 heavy (non-hydrogen) atoms. The minimum Gasteiger partial charge on any atom is -0.481 e. The summed E-state index contributed by atoms with van der Waals surface area (Å²) in [6, 6.07) is 0. The molecular formula is C9H14O4. The predicted octanol–water partition coefficient (Wildman–Crippen LogP) is 1.05. The van der Waals surface area contributed by atoms with Gasteiger partial charge in [0.15, 0.2) is 0 Å². The van der Waals surface area contributed by atoms with Crippen molar-refractivity contribution in [1.82, 2.24) is 0 Å². The molecule has 0 unspecified atom stereocenters. The SMILES string of the molecule is COC(=O)C[C@@H]1CC[C@H](C(=O)O)C1. The highest BCUT2D eigenvalue weighted by Crippen LogP contribution is 2.33. The van der Waals surface area contributed by atoms with E-state index in [4.69, 9.17) is 5.11 Å². The molecule has 0 heterocycles. The Bertz CT molecular complexity index is 212. The normalized spacial score (nSPS) is 27.2. The van der Waals surface area contributed by atoms with E-state index >= 15 is 0 Å². The van der Waals surface area contributed by atoms with Crippen molar-refractivity contribution in [3.8, 4) is 0 Å². The Morgan fingerprint density at radius 2 is 2.15 bits per heavy atom. The summed E-state index contributed by atoms with van der Waals surface area (Å²) < 4.78 is 4.52. The van der Waals surface area contributed by atoms with Gasteiger partial charge in [0, 0.05) is 6.42 Å². The fourth-order valence-corrected chi connectivity index (χ4v) is 1.80. The molecule has 1 N–H and O–H groups in total. The molecular weight excluding hydrogens is 172 g/mol.